The second-order valence-electron chi connectivity index (χ2n) is 8.10. The molecule has 5 heteroatoms. The third kappa shape index (κ3) is 6.79. The van der Waals surface area contributed by atoms with Gasteiger partial charge in [-0.1, -0.05) is 12.1 Å². The Balaban J connectivity index is 1.78. The predicted octanol–water partition coefficient (Wildman–Crippen LogP) is 3.63. The summed E-state index contributed by atoms with van der Waals surface area (Å²) in [5.41, 5.74) is 6.24. The summed E-state index contributed by atoms with van der Waals surface area (Å²) in [5, 5.41) is 0. The normalized spacial score (nSPS) is 20.5. The van der Waals surface area contributed by atoms with Crippen molar-refractivity contribution >= 4 is 11.9 Å². The van der Waals surface area contributed by atoms with Crippen molar-refractivity contribution in [2.75, 3.05) is 6.54 Å². The number of hydrogen-bond donors (Lipinski definition) is 1. The van der Waals surface area contributed by atoms with Crippen LogP contribution >= 0.6 is 0 Å². The number of esters is 2. The third-order valence-electron chi connectivity index (χ3n) is 4.69. The fourth-order valence-corrected chi connectivity index (χ4v) is 3.20. The highest BCUT2D eigenvalue weighted by Crippen LogP contribution is 2.29. The SMILES string of the molecule is CC(C)(C)OC(=O)CCc1ccc(OC(=O)C2CCC(CN)CC2)cc1. The van der Waals surface area contributed by atoms with Crippen molar-refractivity contribution < 1.29 is 19.1 Å². The van der Waals surface area contributed by atoms with Gasteiger partial charge in [-0.15, -0.1) is 0 Å². The standard InChI is InChI=1S/C21H31NO4/c1-21(2,3)26-19(23)13-8-15-6-11-18(12-7-15)25-20(24)17-9-4-16(14-22)5-10-17/h6-7,11-12,16-17H,4-5,8-10,13-14,22H2,1-3H3. The number of carbonyl (C=O) groups excluding carboxylic acids is 2. The van der Waals surface area contributed by atoms with Crippen LogP contribution in [0.25, 0.3) is 0 Å². The molecule has 1 aliphatic carbocycles. The van der Waals surface area contributed by atoms with Gasteiger partial charge in [0.1, 0.15) is 11.4 Å². The molecular weight excluding hydrogens is 330 g/mol. The van der Waals surface area contributed by atoms with Crippen molar-refractivity contribution in [1.29, 1.82) is 0 Å². The quantitative estimate of drug-likeness (QED) is 0.618. The van der Waals surface area contributed by atoms with E-state index >= 15 is 0 Å². The number of benzene rings is 1. The van der Waals surface area contributed by atoms with Gasteiger partial charge in [0.05, 0.1) is 5.92 Å². The summed E-state index contributed by atoms with van der Waals surface area (Å²) >= 11 is 0. The highest BCUT2D eigenvalue weighted by molar-refractivity contribution is 5.75. The Morgan fingerprint density at radius 2 is 1.69 bits per heavy atom. The summed E-state index contributed by atoms with van der Waals surface area (Å²) in [6, 6.07) is 7.35. The van der Waals surface area contributed by atoms with E-state index in [1.165, 1.54) is 0 Å². The zero-order chi connectivity index (χ0) is 19.2. The minimum Gasteiger partial charge on any atom is -0.460 e. The van der Waals surface area contributed by atoms with Gasteiger partial charge in [-0.3, -0.25) is 9.59 Å². The lowest BCUT2D eigenvalue weighted by molar-refractivity contribution is -0.154. The highest BCUT2D eigenvalue weighted by Gasteiger charge is 2.27. The topological polar surface area (TPSA) is 78.6 Å². The number of nitrogens with two attached hydrogens (primary N) is 1. The molecule has 1 aliphatic rings. The van der Waals surface area contributed by atoms with Crippen molar-refractivity contribution in [2.24, 2.45) is 17.6 Å². The van der Waals surface area contributed by atoms with Gasteiger partial charge in [-0.2, -0.15) is 0 Å². The number of aryl methyl sites for hydroxylation is 1. The lowest BCUT2D eigenvalue weighted by Crippen LogP contribution is -2.28. The molecule has 0 aliphatic heterocycles. The minimum atomic E-state index is -0.460. The highest BCUT2D eigenvalue weighted by atomic mass is 16.6. The molecule has 0 aromatic heterocycles. The van der Waals surface area contributed by atoms with E-state index in [-0.39, 0.29) is 17.9 Å². The molecule has 1 saturated carbocycles. The second kappa shape index (κ2) is 9.17. The zero-order valence-electron chi connectivity index (χ0n) is 16.1. The summed E-state index contributed by atoms with van der Waals surface area (Å²) in [7, 11) is 0. The molecule has 1 aromatic carbocycles. The number of hydrogen-bond acceptors (Lipinski definition) is 5. The Bertz CT molecular complexity index is 595. The molecule has 0 radical (unpaired) electrons. The molecule has 26 heavy (non-hydrogen) atoms. The molecular formula is C21H31NO4. The van der Waals surface area contributed by atoms with Gasteiger partial charge < -0.3 is 15.2 Å². The number of rotatable bonds is 6. The molecule has 1 aromatic rings. The van der Waals surface area contributed by atoms with Gasteiger partial charge in [-0.25, -0.2) is 0 Å². The van der Waals surface area contributed by atoms with Crippen LogP contribution in [0.15, 0.2) is 24.3 Å². The van der Waals surface area contributed by atoms with Crippen LogP contribution in [-0.2, 0) is 20.7 Å². The Labute approximate surface area is 156 Å². The van der Waals surface area contributed by atoms with E-state index in [9.17, 15) is 9.59 Å². The van der Waals surface area contributed by atoms with Crippen molar-refractivity contribution in [3.05, 3.63) is 29.8 Å². The molecule has 5 nitrogen and oxygen atoms in total. The average molecular weight is 361 g/mol. The molecule has 144 valence electrons. The number of ether oxygens (including phenoxy) is 2. The van der Waals surface area contributed by atoms with Gasteiger partial charge in [0.15, 0.2) is 0 Å². The van der Waals surface area contributed by atoms with Gasteiger partial charge in [0, 0.05) is 6.42 Å². The summed E-state index contributed by atoms with van der Waals surface area (Å²) in [6.07, 6.45) is 4.65. The molecule has 0 saturated heterocycles. The Morgan fingerprint density at radius 3 is 2.23 bits per heavy atom. The lowest BCUT2D eigenvalue weighted by atomic mass is 9.82. The van der Waals surface area contributed by atoms with E-state index in [1.807, 2.05) is 32.9 Å². The van der Waals surface area contributed by atoms with Crippen LogP contribution in [0.3, 0.4) is 0 Å². The van der Waals surface area contributed by atoms with Crippen LogP contribution in [0.4, 0.5) is 0 Å². The summed E-state index contributed by atoms with van der Waals surface area (Å²) in [4.78, 5) is 24.0. The largest absolute Gasteiger partial charge is 0.460 e. The molecule has 2 rings (SSSR count). The van der Waals surface area contributed by atoms with Crippen molar-refractivity contribution in [3.8, 4) is 5.75 Å². The molecule has 2 N–H and O–H groups in total. The van der Waals surface area contributed by atoms with E-state index in [0.717, 1.165) is 31.2 Å². The fourth-order valence-electron chi connectivity index (χ4n) is 3.20. The minimum absolute atomic E-state index is 0.0235. The summed E-state index contributed by atoms with van der Waals surface area (Å²) < 4.78 is 10.8. The fraction of sp³-hybridized carbons (Fsp3) is 0.619. The van der Waals surface area contributed by atoms with E-state index in [4.69, 9.17) is 15.2 Å². The molecule has 0 heterocycles. The van der Waals surface area contributed by atoms with Crippen LogP contribution in [0.2, 0.25) is 0 Å². The first-order valence-electron chi connectivity index (χ1n) is 9.49. The van der Waals surface area contributed by atoms with Gasteiger partial charge in [0.25, 0.3) is 0 Å². The molecule has 0 amide bonds. The van der Waals surface area contributed by atoms with Gasteiger partial charge in [-0.05, 0) is 83.0 Å². The van der Waals surface area contributed by atoms with Crippen LogP contribution in [0.1, 0.15) is 58.4 Å². The average Bonchev–Trinajstić information content (AvgIpc) is 2.59. The molecule has 0 atom stereocenters. The lowest BCUT2D eigenvalue weighted by Gasteiger charge is -2.26. The van der Waals surface area contributed by atoms with E-state index in [2.05, 4.69) is 0 Å². The summed E-state index contributed by atoms with van der Waals surface area (Å²) in [6.45, 7) is 6.27. The van der Waals surface area contributed by atoms with Crippen molar-refractivity contribution in [2.45, 2.75) is 64.9 Å². The Hall–Kier alpha value is -1.88. The third-order valence-corrected chi connectivity index (χ3v) is 4.69. The number of carbonyl (C=O) groups is 2. The first kappa shape index (κ1) is 20.4. The second-order valence-corrected chi connectivity index (χ2v) is 8.10. The van der Waals surface area contributed by atoms with Crippen molar-refractivity contribution in [1.82, 2.24) is 0 Å². The Kier molecular flexibility index (Phi) is 7.21. The Morgan fingerprint density at radius 1 is 1.08 bits per heavy atom. The smallest absolute Gasteiger partial charge is 0.314 e. The monoisotopic (exact) mass is 361 g/mol. The van der Waals surface area contributed by atoms with Gasteiger partial charge in [0.2, 0.25) is 0 Å². The van der Waals surface area contributed by atoms with Crippen LogP contribution in [0, 0.1) is 11.8 Å². The molecule has 0 spiro atoms. The van der Waals surface area contributed by atoms with E-state index in [1.54, 1.807) is 12.1 Å². The predicted molar refractivity (Wildman–Crippen MR) is 101 cm³/mol. The maximum atomic E-state index is 12.3. The molecule has 0 unspecified atom stereocenters. The zero-order valence-corrected chi connectivity index (χ0v) is 16.1. The van der Waals surface area contributed by atoms with E-state index < -0.39 is 5.60 Å². The maximum Gasteiger partial charge on any atom is 0.314 e. The first-order chi connectivity index (χ1) is 12.3. The van der Waals surface area contributed by atoms with Crippen LogP contribution < -0.4 is 10.5 Å². The van der Waals surface area contributed by atoms with Gasteiger partial charge >= 0.3 is 11.9 Å². The molecule has 1 fully saturated rings. The molecule has 0 bridgehead atoms. The van der Waals surface area contributed by atoms with Crippen LogP contribution in [-0.4, -0.2) is 24.1 Å². The van der Waals surface area contributed by atoms with Crippen LogP contribution in [0.5, 0.6) is 5.75 Å². The van der Waals surface area contributed by atoms with E-state index in [0.29, 0.717) is 31.1 Å². The summed E-state index contributed by atoms with van der Waals surface area (Å²) in [5.74, 6) is 0.716. The van der Waals surface area contributed by atoms with Crippen molar-refractivity contribution in [3.63, 3.8) is 0 Å². The first-order valence-corrected chi connectivity index (χ1v) is 9.49. The maximum absolute atomic E-state index is 12.3.